The SMILES string of the molecule is O=C1CCC[C@H](C(=O)N2CCN(c3c(F)cccc3F)CC2)N1. The normalized spacial score (nSPS) is 22.0. The average Bonchev–Trinajstić information content (AvgIpc) is 2.55. The van der Waals surface area contributed by atoms with Gasteiger partial charge in [-0.25, -0.2) is 8.78 Å². The van der Waals surface area contributed by atoms with E-state index in [0.717, 1.165) is 0 Å². The number of nitrogens with zero attached hydrogens (tertiary/aromatic N) is 2. The van der Waals surface area contributed by atoms with Crippen molar-refractivity contribution in [2.24, 2.45) is 0 Å². The van der Waals surface area contributed by atoms with Gasteiger partial charge in [0.2, 0.25) is 11.8 Å². The van der Waals surface area contributed by atoms with Crippen molar-refractivity contribution in [1.29, 1.82) is 0 Å². The summed E-state index contributed by atoms with van der Waals surface area (Å²) in [4.78, 5) is 27.1. The summed E-state index contributed by atoms with van der Waals surface area (Å²) in [5, 5.41) is 2.71. The zero-order valence-corrected chi connectivity index (χ0v) is 12.7. The van der Waals surface area contributed by atoms with Crippen LogP contribution in [0.5, 0.6) is 0 Å². The number of anilines is 1. The molecular formula is C16H19F2N3O2. The number of hydrogen-bond acceptors (Lipinski definition) is 3. The molecule has 7 heteroatoms. The molecule has 5 nitrogen and oxygen atoms in total. The molecule has 1 atom stereocenters. The lowest BCUT2D eigenvalue weighted by Gasteiger charge is -2.38. The summed E-state index contributed by atoms with van der Waals surface area (Å²) in [6, 6.07) is 3.33. The first-order valence-corrected chi connectivity index (χ1v) is 7.83. The molecule has 2 saturated heterocycles. The standard InChI is InChI=1S/C16H19F2N3O2/c17-11-3-1-4-12(18)15(11)20-7-9-21(10-8-20)16(23)13-5-2-6-14(22)19-13/h1,3-4,13H,2,5-10H2,(H,19,22)/t13-/m1/s1. The summed E-state index contributed by atoms with van der Waals surface area (Å²) in [6.07, 6.45) is 1.82. The Hall–Kier alpha value is -2.18. The molecule has 1 aromatic rings. The van der Waals surface area contributed by atoms with Crippen LogP contribution in [-0.4, -0.2) is 48.9 Å². The van der Waals surface area contributed by atoms with Crippen molar-refractivity contribution < 1.29 is 18.4 Å². The van der Waals surface area contributed by atoms with E-state index in [1.54, 1.807) is 9.80 Å². The first-order chi connectivity index (χ1) is 11.1. The molecule has 2 aliphatic heterocycles. The zero-order chi connectivity index (χ0) is 16.4. The highest BCUT2D eigenvalue weighted by Gasteiger charge is 2.31. The first-order valence-electron chi connectivity index (χ1n) is 7.83. The van der Waals surface area contributed by atoms with Crippen LogP contribution in [0.3, 0.4) is 0 Å². The molecule has 0 spiro atoms. The molecule has 124 valence electrons. The van der Waals surface area contributed by atoms with Crippen LogP contribution < -0.4 is 10.2 Å². The summed E-state index contributed by atoms with van der Waals surface area (Å²) < 4.78 is 27.6. The molecule has 0 saturated carbocycles. The number of nitrogens with one attached hydrogen (secondary N) is 1. The molecule has 0 aromatic heterocycles. The topological polar surface area (TPSA) is 52.7 Å². The minimum atomic E-state index is -0.593. The van der Waals surface area contributed by atoms with E-state index in [-0.39, 0.29) is 17.5 Å². The third-order valence-electron chi connectivity index (χ3n) is 4.38. The van der Waals surface area contributed by atoms with Crippen molar-refractivity contribution in [2.75, 3.05) is 31.1 Å². The monoisotopic (exact) mass is 323 g/mol. The number of carbonyl (C=O) groups excluding carboxylic acids is 2. The van der Waals surface area contributed by atoms with Crippen LogP contribution in [0.15, 0.2) is 18.2 Å². The molecule has 3 rings (SSSR count). The summed E-state index contributed by atoms with van der Waals surface area (Å²) in [7, 11) is 0. The molecule has 1 N–H and O–H groups in total. The second-order valence-corrected chi connectivity index (χ2v) is 5.89. The highest BCUT2D eigenvalue weighted by molar-refractivity contribution is 5.88. The van der Waals surface area contributed by atoms with E-state index in [4.69, 9.17) is 0 Å². The highest BCUT2D eigenvalue weighted by Crippen LogP contribution is 2.24. The lowest BCUT2D eigenvalue weighted by atomic mass is 10.0. The van der Waals surface area contributed by atoms with E-state index in [1.807, 2.05) is 0 Å². The van der Waals surface area contributed by atoms with Crippen LogP contribution in [0.4, 0.5) is 14.5 Å². The van der Waals surface area contributed by atoms with E-state index < -0.39 is 17.7 Å². The van der Waals surface area contributed by atoms with Gasteiger partial charge >= 0.3 is 0 Å². The van der Waals surface area contributed by atoms with E-state index in [0.29, 0.717) is 45.4 Å². The van der Waals surface area contributed by atoms with Gasteiger partial charge in [0.05, 0.1) is 0 Å². The lowest BCUT2D eigenvalue weighted by molar-refractivity contribution is -0.138. The predicted molar refractivity (Wildman–Crippen MR) is 80.9 cm³/mol. The number of carbonyl (C=O) groups is 2. The van der Waals surface area contributed by atoms with Gasteiger partial charge in [-0.1, -0.05) is 6.07 Å². The average molecular weight is 323 g/mol. The second kappa shape index (κ2) is 6.52. The number of hydrogen-bond donors (Lipinski definition) is 1. The molecular weight excluding hydrogens is 304 g/mol. The van der Waals surface area contributed by atoms with Crippen molar-refractivity contribution in [3.8, 4) is 0 Å². The van der Waals surface area contributed by atoms with Gasteiger partial charge in [-0.3, -0.25) is 9.59 Å². The van der Waals surface area contributed by atoms with Gasteiger partial charge in [0, 0.05) is 32.6 Å². The van der Waals surface area contributed by atoms with Crippen molar-refractivity contribution in [3.05, 3.63) is 29.8 Å². The van der Waals surface area contributed by atoms with E-state index >= 15 is 0 Å². The Kier molecular flexibility index (Phi) is 4.45. The number of para-hydroxylation sites is 1. The molecule has 23 heavy (non-hydrogen) atoms. The van der Waals surface area contributed by atoms with E-state index in [2.05, 4.69) is 5.32 Å². The number of benzene rings is 1. The Bertz CT molecular complexity index is 595. The number of rotatable bonds is 2. The fourth-order valence-electron chi connectivity index (χ4n) is 3.15. The first kappa shape index (κ1) is 15.7. The van der Waals surface area contributed by atoms with Crippen molar-refractivity contribution in [2.45, 2.75) is 25.3 Å². The smallest absolute Gasteiger partial charge is 0.245 e. The number of amides is 2. The molecule has 0 radical (unpaired) electrons. The molecule has 2 amide bonds. The second-order valence-electron chi connectivity index (χ2n) is 5.89. The van der Waals surface area contributed by atoms with Crippen LogP contribution in [0, 0.1) is 11.6 Å². The van der Waals surface area contributed by atoms with Gasteiger partial charge in [-0.15, -0.1) is 0 Å². The Morgan fingerprint density at radius 2 is 1.78 bits per heavy atom. The maximum absolute atomic E-state index is 13.8. The Labute approximate surface area is 133 Å². The van der Waals surface area contributed by atoms with Gasteiger partial charge in [-0.2, -0.15) is 0 Å². The summed E-state index contributed by atoms with van der Waals surface area (Å²) in [5.41, 5.74) is -0.0365. The van der Waals surface area contributed by atoms with Crippen molar-refractivity contribution in [3.63, 3.8) is 0 Å². The van der Waals surface area contributed by atoms with Crippen LogP contribution in [0.1, 0.15) is 19.3 Å². The highest BCUT2D eigenvalue weighted by atomic mass is 19.1. The third-order valence-corrected chi connectivity index (χ3v) is 4.38. The minimum Gasteiger partial charge on any atom is -0.363 e. The molecule has 2 aliphatic rings. The summed E-state index contributed by atoms with van der Waals surface area (Å²) in [5.74, 6) is -1.39. The summed E-state index contributed by atoms with van der Waals surface area (Å²) in [6.45, 7) is 1.51. The van der Waals surface area contributed by atoms with Crippen molar-refractivity contribution in [1.82, 2.24) is 10.2 Å². The molecule has 2 fully saturated rings. The fourth-order valence-corrected chi connectivity index (χ4v) is 3.15. The van der Waals surface area contributed by atoms with Crippen LogP contribution in [0.2, 0.25) is 0 Å². The largest absolute Gasteiger partial charge is 0.363 e. The van der Waals surface area contributed by atoms with Gasteiger partial charge in [0.25, 0.3) is 0 Å². The van der Waals surface area contributed by atoms with Gasteiger partial charge in [0.15, 0.2) is 0 Å². The molecule has 0 unspecified atom stereocenters. The third kappa shape index (κ3) is 3.28. The van der Waals surface area contributed by atoms with E-state index in [1.165, 1.54) is 18.2 Å². The lowest BCUT2D eigenvalue weighted by Crippen LogP contribution is -2.56. The van der Waals surface area contributed by atoms with Gasteiger partial charge in [-0.05, 0) is 25.0 Å². The van der Waals surface area contributed by atoms with Crippen LogP contribution in [0.25, 0.3) is 0 Å². The molecule has 0 bridgehead atoms. The Morgan fingerprint density at radius 1 is 1.13 bits per heavy atom. The molecule has 1 aromatic carbocycles. The van der Waals surface area contributed by atoms with Crippen LogP contribution in [-0.2, 0) is 9.59 Å². The van der Waals surface area contributed by atoms with Crippen molar-refractivity contribution >= 4 is 17.5 Å². The maximum Gasteiger partial charge on any atom is 0.245 e. The predicted octanol–water partition coefficient (Wildman–Crippen LogP) is 1.28. The molecule has 0 aliphatic carbocycles. The van der Waals surface area contributed by atoms with Gasteiger partial charge < -0.3 is 15.1 Å². The Balaban J connectivity index is 1.62. The zero-order valence-electron chi connectivity index (χ0n) is 12.7. The quantitative estimate of drug-likeness (QED) is 0.892. The maximum atomic E-state index is 13.8. The summed E-state index contributed by atoms with van der Waals surface area (Å²) >= 11 is 0. The minimum absolute atomic E-state index is 0.0365. The van der Waals surface area contributed by atoms with E-state index in [9.17, 15) is 18.4 Å². The van der Waals surface area contributed by atoms with Crippen LogP contribution >= 0.6 is 0 Å². The Morgan fingerprint density at radius 3 is 2.39 bits per heavy atom. The number of piperazine rings is 1. The number of halogens is 2. The molecule has 2 heterocycles. The van der Waals surface area contributed by atoms with Gasteiger partial charge in [0.1, 0.15) is 23.4 Å². The fraction of sp³-hybridized carbons (Fsp3) is 0.500. The number of piperidine rings is 1.